The Labute approximate surface area is 76.3 Å². The molecule has 0 saturated heterocycles. The summed E-state index contributed by atoms with van der Waals surface area (Å²) in [6.07, 6.45) is 0. The van der Waals surface area contributed by atoms with E-state index in [0.29, 0.717) is 5.37 Å². The molecule has 0 spiro atoms. The van der Waals surface area contributed by atoms with Gasteiger partial charge in [0, 0.05) is 10.6 Å². The predicted octanol–water partition coefficient (Wildman–Crippen LogP) is 2.56. The highest BCUT2D eigenvalue weighted by Crippen LogP contribution is 2.39. The van der Waals surface area contributed by atoms with E-state index in [1.54, 1.807) is 7.11 Å². The fraction of sp³-hybridized carbons (Fsp3) is 0.333. The number of fused-ring (bicyclic) bond motifs is 1. The molecule has 1 aliphatic heterocycles. The van der Waals surface area contributed by atoms with Gasteiger partial charge in [0.15, 0.2) is 0 Å². The van der Waals surface area contributed by atoms with Gasteiger partial charge in [0.05, 0.1) is 12.5 Å². The lowest BCUT2D eigenvalue weighted by atomic mass is 10.3. The molecule has 1 aliphatic rings. The lowest BCUT2D eigenvalue weighted by Gasteiger charge is -2.01. The Morgan fingerprint density at radius 1 is 1.50 bits per heavy atom. The molecule has 2 rings (SSSR count). The fourth-order valence-corrected chi connectivity index (χ4v) is 2.29. The highest BCUT2D eigenvalue weighted by molar-refractivity contribution is 8.00. The van der Waals surface area contributed by atoms with Crippen LogP contribution in [0.4, 0.5) is 5.69 Å². The molecule has 1 unspecified atom stereocenters. The van der Waals surface area contributed by atoms with Crippen LogP contribution < -0.4 is 10.1 Å². The molecule has 1 N–H and O–H groups in total. The van der Waals surface area contributed by atoms with Crippen LogP contribution in [-0.2, 0) is 0 Å². The average molecular weight is 181 g/mol. The molecule has 0 aliphatic carbocycles. The molecular formula is C9H11NOS. The Kier molecular flexibility index (Phi) is 1.89. The van der Waals surface area contributed by atoms with Crippen molar-refractivity contribution in [3.63, 3.8) is 0 Å². The van der Waals surface area contributed by atoms with Gasteiger partial charge in [-0.25, -0.2) is 0 Å². The third kappa shape index (κ3) is 1.25. The van der Waals surface area contributed by atoms with E-state index in [0.717, 1.165) is 5.75 Å². The summed E-state index contributed by atoms with van der Waals surface area (Å²) in [5, 5.41) is 3.83. The van der Waals surface area contributed by atoms with Crippen molar-refractivity contribution in [2.45, 2.75) is 17.2 Å². The van der Waals surface area contributed by atoms with Crippen LogP contribution in [0, 0.1) is 0 Å². The topological polar surface area (TPSA) is 21.3 Å². The first kappa shape index (κ1) is 7.80. The van der Waals surface area contributed by atoms with Gasteiger partial charge in [0.25, 0.3) is 0 Å². The zero-order valence-electron chi connectivity index (χ0n) is 7.13. The molecule has 64 valence electrons. The molecule has 0 aromatic heterocycles. The first-order valence-corrected chi connectivity index (χ1v) is 4.79. The Bertz CT molecular complexity index is 301. The van der Waals surface area contributed by atoms with Crippen LogP contribution in [0.3, 0.4) is 0 Å². The van der Waals surface area contributed by atoms with Crippen molar-refractivity contribution in [1.29, 1.82) is 0 Å². The van der Waals surface area contributed by atoms with Gasteiger partial charge >= 0.3 is 0 Å². The molecule has 0 bridgehead atoms. The minimum Gasteiger partial charge on any atom is -0.497 e. The number of hydrogen-bond donors (Lipinski definition) is 1. The smallest absolute Gasteiger partial charge is 0.120 e. The summed E-state index contributed by atoms with van der Waals surface area (Å²) in [4.78, 5) is 1.28. The monoisotopic (exact) mass is 181 g/mol. The molecule has 0 fully saturated rings. The first-order chi connectivity index (χ1) is 5.79. The molecule has 3 heteroatoms. The van der Waals surface area contributed by atoms with Crippen LogP contribution in [0.2, 0.25) is 0 Å². The SMILES string of the molecule is COc1ccc2c(c1)SC(C)N2. The summed E-state index contributed by atoms with van der Waals surface area (Å²) in [7, 11) is 1.69. The second kappa shape index (κ2) is 2.90. The Morgan fingerprint density at radius 2 is 2.33 bits per heavy atom. The van der Waals surface area contributed by atoms with Crippen molar-refractivity contribution in [1.82, 2.24) is 0 Å². The van der Waals surface area contributed by atoms with Gasteiger partial charge in [-0.15, -0.1) is 0 Å². The third-order valence-electron chi connectivity index (χ3n) is 1.85. The molecule has 1 aromatic carbocycles. The predicted molar refractivity (Wildman–Crippen MR) is 51.9 cm³/mol. The lowest BCUT2D eigenvalue weighted by molar-refractivity contribution is 0.414. The highest BCUT2D eigenvalue weighted by Gasteiger charge is 2.17. The summed E-state index contributed by atoms with van der Waals surface area (Å²) in [5.74, 6) is 0.928. The largest absolute Gasteiger partial charge is 0.497 e. The normalized spacial score (nSPS) is 20.0. The van der Waals surface area contributed by atoms with Crippen LogP contribution in [0.1, 0.15) is 6.92 Å². The third-order valence-corrected chi connectivity index (χ3v) is 2.91. The van der Waals surface area contributed by atoms with Crippen molar-refractivity contribution < 1.29 is 4.74 Å². The van der Waals surface area contributed by atoms with Crippen LogP contribution in [-0.4, -0.2) is 12.5 Å². The Morgan fingerprint density at radius 3 is 3.08 bits per heavy atom. The van der Waals surface area contributed by atoms with E-state index in [9.17, 15) is 0 Å². The van der Waals surface area contributed by atoms with Gasteiger partial charge in [-0.1, -0.05) is 11.8 Å². The van der Waals surface area contributed by atoms with E-state index in [1.807, 2.05) is 17.8 Å². The molecule has 0 radical (unpaired) electrons. The molecule has 12 heavy (non-hydrogen) atoms. The molecule has 1 heterocycles. The Balaban J connectivity index is 2.35. The number of anilines is 1. The zero-order valence-corrected chi connectivity index (χ0v) is 7.94. The van der Waals surface area contributed by atoms with Crippen molar-refractivity contribution in [2.75, 3.05) is 12.4 Å². The number of benzene rings is 1. The van der Waals surface area contributed by atoms with Crippen LogP contribution >= 0.6 is 11.8 Å². The van der Waals surface area contributed by atoms with Gasteiger partial charge in [0.2, 0.25) is 0 Å². The maximum absolute atomic E-state index is 5.13. The summed E-state index contributed by atoms with van der Waals surface area (Å²) in [6.45, 7) is 2.15. The van der Waals surface area contributed by atoms with Crippen molar-refractivity contribution in [3.05, 3.63) is 18.2 Å². The van der Waals surface area contributed by atoms with E-state index < -0.39 is 0 Å². The van der Waals surface area contributed by atoms with Gasteiger partial charge < -0.3 is 10.1 Å². The number of thioether (sulfide) groups is 1. The van der Waals surface area contributed by atoms with Gasteiger partial charge in [0.1, 0.15) is 5.75 Å². The van der Waals surface area contributed by atoms with E-state index in [2.05, 4.69) is 24.4 Å². The lowest BCUT2D eigenvalue weighted by Crippen LogP contribution is -2.02. The van der Waals surface area contributed by atoms with Crippen molar-refractivity contribution in [3.8, 4) is 5.75 Å². The van der Waals surface area contributed by atoms with Crippen LogP contribution in [0.25, 0.3) is 0 Å². The first-order valence-electron chi connectivity index (χ1n) is 3.91. The number of rotatable bonds is 1. The van der Waals surface area contributed by atoms with Crippen LogP contribution in [0.5, 0.6) is 5.75 Å². The number of ether oxygens (including phenoxy) is 1. The summed E-state index contributed by atoms with van der Waals surface area (Å²) < 4.78 is 5.13. The summed E-state index contributed by atoms with van der Waals surface area (Å²) in [5.41, 5.74) is 1.22. The van der Waals surface area contributed by atoms with Crippen LogP contribution in [0.15, 0.2) is 23.1 Å². The number of methoxy groups -OCH3 is 1. The standard InChI is InChI=1S/C9H11NOS/c1-6-10-8-4-3-7(11-2)5-9(8)12-6/h3-6,10H,1-2H3. The minimum absolute atomic E-state index is 0.479. The van der Waals surface area contributed by atoms with E-state index in [-0.39, 0.29) is 0 Å². The molecule has 1 atom stereocenters. The van der Waals surface area contributed by atoms with Gasteiger partial charge in [-0.3, -0.25) is 0 Å². The van der Waals surface area contributed by atoms with E-state index >= 15 is 0 Å². The van der Waals surface area contributed by atoms with Gasteiger partial charge in [-0.2, -0.15) is 0 Å². The second-order valence-electron chi connectivity index (χ2n) is 2.77. The van der Waals surface area contributed by atoms with Gasteiger partial charge in [-0.05, 0) is 25.1 Å². The summed E-state index contributed by atoms with van der Waals surface area (Å²) in [6, 6.07) is 6.10. The average Bonchev–Trinajstić information content (AvgIpc) is 2.43. The number of hydrogen-bond acceptors (Lipinski definition) is 3. The molecule has 0 saturated carbocycles. The Hall–Kier alpha value is -0.830. The molecule has 2 nitrogen and oxygen atoms in total. The minimum atomic E-state index is 0.479. The van der Waals surface area contributed by atoms with Crippen molar-refractivity contribution >= 4 is 17.4 Å². The highest BCUT2D eigenvalue weighted by atomic mass is 32.2. The van der Waals surface area contributed by atoms with E-state index in [4.69, 9.17) is 4.74 Å². The quantitative estimate of drug-likeness (QED) is 0.719. The maximum Gasteiger partial charge on any atom is 0.120 e. The fourth-order valence-electron chi connectivity index (χ4n) is 1.29. The van der Waals surface area contributed by atoms with E-state index in [1.165, 1.54) is 10.6 Å². The second-order valence-corrected chi connectivity index (χ2v) is 4.15. The molecule has 1 aromatic rings. The van der Waals surface area contributed by atoms with Crippen molar-refractivity contribution in [2.24, 2.45) is 0 Å². The maximum atomic E-state index is 5.13. The zero-order chi connectivity index (χ0) is 8.55. The molecule has 0 amide bonds. The molecular weight excluding hydrogens is 170 g/mol. The summed E-state index contributed by atoms with van der Waals surface area (Å²) >= 11 is 1.83. The number of nitrogens with one attached hydrogen (secondary N) is 1.